The van der Waals surface area contributed by atoms with Crippen molar-refractivity contribution in [3.8, 4) is 11.3 Å². The van der Waals surface area contributed by atoms with E-state index in [4.69, 9.17) is 11.6 Å². The Bertz CT molecular complexity index is 633. The van der Waals surface area contributed by atoms with Crippen LogP contribution in [0.25, 0.3) is 11.3 Å². The van der Waals surface area contributed by atoms with Crippen molar-refractivity contribution in [2.24, 2.45) is 0 Å². The van der Waals surface area contributed by atoms with Crippen molar-refractivity contribution >= 4 is 23.2 Å². The topological polar surface area (TPSA) is 57.8 Å². The standard InChI is InChI=1S/C13H12ClN3O/c1-7-15-12(13(14)16-7)9-2-4-10-8(6-9)3-5-11(18)17-10/h2,4,6H,3,5H2,1H3,(H,15,16)(H,17,18). The highest BCUT2D eigenvalue weighted by atomic mass is 35.5. The van der Waals surface area contributed by atoms with Crippen molar-refractivity contribution in [1.29, 1.82) is 0 Å². The third-order valence-electron chi connectivity index (χ3n) is 3.07. The smallest absolute Gasteiger partial charge is 0.224 e. The molecule has 0 unspecified atom stereocenters. The van der Waals surface area contributed by atoms with Crippen LogP contribution in [0.5, 0.6) is 0 Å². The van der Waals surface area contributed by atoms with Crippen LogP contribution in [0.1, 0.15) is 17.8 Å². The lowest BCUT2D eigenvalue weighted by atomic mass is 9.99. The molecule has 0 radical (unpaired) electrons. The second-order valence-corrected chi connectivity index (χ2v) is 4.77. The van der Waals surface area contributed by atoms with Crippen LogP contribution in [0.3, 0.4) is 0 Å². The molecule has 3 rings (SSSR count). The molecule has 92 valence electrons. The molecule has 1 aliphatic heterocycles. The summed E-state index contributed by atoms with van der Waals surface area (Å²) in [6.07, 6.45) is 1.30. The van der Waals surface area contributed by atoms with E-state index in [0.717, 1.165) is 34.8 Å². The Kier molecular flexibility index (Phi) is 2.59. The van der Waals surface area contributed by atoms with Crippen LogP contribution in [-0.4, -0.2) is 15.9 Å². The minimum atomic E-state index is 0.0747. The molecule has 2 heterocycles. The first-order valence-electron chi connectivity index (χ1n) is 5.79. The molecule has 0 aliphatic carbocycles. The minimum Gasteiger partial charge on any atom is -0.341 e. The molecule has 0 bridgehead atoms. The van der Waals surface area contributed by atoms with Gasteiger partial charge in [-0.3, -0.25) is 4.79 Å². The lowest BCUT2D eigenvalue weighted by molar-refractivity contribution is -0.116. The Morgan fingerprint density at radius 2 is 2.17 bits per heavy atom. The average molecular weight is 262 g/mol. The Morgan fingerprint density at radius 1 is 1.33 bits per heavy atom. The number of nitrogens with zero attached hydrogens (tertiary/aromatic N) is 1. The van der Waals surface area contributed by atoms with Crippen LogP contribution >= 0.6 is 11.6 Å². The van der Waals surface area contributed by atoms with Gasteiger partial charge in [-0.25, -0.2) is 4.98 Å². The van der Waals surface area contributed by atoms with Gasteiger partial charge in [0, 0.05) is 17.7 Å². The van der Waals surface area contributed by atoms with Crippen molar-refractivity contribution in [3.63, 3.8) is 0 Å². The van der Waals surface area contributed by atoms with E-state index in [1.54, 1.807) is 0 Å². The summed E-state index contributed by atoms with van der Waals surface area (Å²) in [7, 11) is 0. The van der Waals surface area contributed by atoms with E-state index in [1.807, 2.05) is 25.1 Å². The molecule has 5 heteroatoms. The number of anilines is 1. The zero-order chi connectivity index (χ0) is 12.7. The second-order valence-electron chi connectivity index (χ2n) is 4.41. The van der Waals surface area contributed by atoms with Gasteiger partial charge in [-0.15, -0.1) is 0 Å². The lowest BCUT2D eigenvalue weighted by Gasteiger charge is -2.17. The van der Waals surface area contributed by atoms with Gasteiger partial charge in [0.15, 0.2) is 5.15 Å². The van der Waals surface area contributed by atoms with E-state index in [1.165, 1.54) is 0 Å². The van der Waals surface area contributed by atoms with Crippen LogP contribution in [0.15, 0.2) is 18.2 Å². The van der Waals surface area contributed by atoms with Crippen molar-refractivity contribution in [1.82, 2.24) is 9.97 Å². The third kappa shape index (κ3) is 1.88. The van der Waals surface area contributed by atoms with Gasteiger partial charge in [-0.1, -0.05) is 17.7 Å². The highest BCUT2D eigenvalue weighted by Gasteiger charge is 2.16. The molecule has 1 aliphatic rings. The van der Waals surface area contributed by atoms with Gasteiger partial charge >= 0.3 is 0 Å². The number of aromatic amines is 1. The number of rotatable bonds is 1. The van der Waals surface area contributed by atoms with E-state index in [2.05, 4.69) is 15.3 Å². The molecule has 1 aromatic carbocycles. The Balaban J connectivity index is 2.05. The minimum absolute atomic E-state index is 0.0747. The molecule has 1 aromatic heterocycles. The quantitative estimate of drug-likeness (QED) is 0.829. The fraction of sp³-hybridized carbons (Fsp3) is 0.231. The first kappa shape index (κ1) is 11.3. The number of nitrogens with one attached hydrogen (secondary N) is 2. The highest BCUT2D eigenvalue weighted by molar-refractivity contribution is 6.31. The number of amides is 1. The predicted molar refractivity (Wildman–Crippen MR) is 70.7 cm³/mol. The van der Waals surface area contributed by atoms with Gasteiger partial charge in [-0.05, 0) is 31.0 Å². The number of aryl methyl sites for hydroxylation is 2. The summed E-state index contributed by atoms with van der Waals surface area (Å²) in [6.45, 7) is 1.87. The normalized spacial score (nSPS) is 14.2. The zero-order valence-electron chi connectivity index (χ0n) is 9.88. The van der Waals surface area contributed by atoms with E-state index in [0.29, 0.717) is 11.6 Å². The van der Waals surface area contributed by atoms with Gasteiger partial charge < -0.3 is 10.3 Å². The number of hydrogen-bond acceptors (Lipinski definition) is 2. The molecule has 0 saturated heterocycles. The summed E-state index contributed by atoms with van der Waals surface area (Å²) in [5, 5.41) is 3.34. The van der Waals surface area contributed by atoms with Crippen molar-refractivity contribution in [2.45, 2.75) is 19.8 Å². The molecule has 0 atom stereocenters. The number of H-pyrrole nitrogens is 1. The molecular weight excluding hydrogens is 250 g/mol. The van der Waals surface area contributed by atoms with Crippen LogP contribution in [0, 0.1) is 6.92 Å². The fourth-order valence-corrected chi connectivity index (χ4v) is 2.48. The van der Waals surface area contributed by atoms with Gasteiger partial charge in [-0.2, -0.15) is 0 Å². The van der Waals surface area contributed by atoms with E-state index in [-0.39, 0.29) is 5.91 Å². The van der Waals surface area contributed by atoms with Crippen LogP contribution < -0.4 is 5.32 Å². The molecular formula is C13H12ClN3O. The maximum Gasteiger partial charge on any atom is 0.224 e. The summed E-state index contributed by atoms with van der Waals surface area (Å²) < 4.78 is 0. The molecule has 2 N–H and O–H groups in total. The first-order valence-corrected chi connectivity index (χ1v) is 6.16. The van der Waals surface area contributed by atoms with Gasteiger partial charge in [0.25, 0.3) is 0 Å². The number of benzene rings is 1. The van der Waals surface area contributed by atoms with E-state index >= 15 is 0 Å². The molecule has 4 nitrogen and oxygen atoms in total. The monoisotopic (exact) mass is 261 g/mol. The number of carbonyl (C=O) groups is 1. The Hall–Kier alpha value is -1.81. The van der Waals surface area contributed by atoms with E-state index in [9.17, 15) is 4.79 Å². The maximum atomic E-state index is 11.3. The molecule has 0 spiro atoms. The number of halogens is 1. The van der Waals surface area contributed by atoms with Crippen LogP contribution in [-0.2, 0) is 11.2 Å². The van der Waals surface area contributed by atoms with Gasteiger partial charge in [0.2, 0.25) is 5.91 Å². The molecule has 18 heavy (non-hydrogen) atoms. The number of hydrogen-bond donors (Lipinski definition) is 2. The van der Waals surface area contributed by atoms with Crippen molar-refractivity contribution in [3.05, 3.63) is 34.7 Å². The maximum absolute atomic E-state index is 11.3. The summed E-state index contributed by atoms with van der Waals surface area (Å²) in [6, 6.07) is 5.89. The summed E-state index contributed by atoms with van der Waals surface area (Å²) in [5.41, 5.74) is 3.85. The number of carbonyl (C=O) groups excluding carboxylic acids is 1. The molecule has 0 saturated carbocycles. The third-order valence-corrected chi connectivity index (χ3v) is 3.34. The van der Waals surface area contributed by atoms with Gasteiger partial charge in [0.1, 0.15) is 5.82 Å². The van der Waals surface area contributed by atoms with Crippen molar-refractivity contribution < 1.29 is 4.79 Å². The summed E-state index contributed by atoms with van der Waals surface area (Å²) >= 11 is 6.07. The van der Waals surface area contributed by atoms with Gasteiger partial charge in [0.05, 0.1) is 5.69 Å². The Labute approximate surface area is 109 Å². The summed E-state index contributed by atoms with van der Waals surface area (Å²) in [4.78, 5) is 18.6. The largest absolute Gasteiger partial charge is 0.341 e. The second kappa shape index (κ2) is 4.14. The molecule has 1 amide bonds. The average Bonchev–Trinajstić information content (AvgIpc) is 2.68. The van der Waals surface area contributed by atoms with Crippen molar-refractivity contribution in [2.75, 3.05) is 5.32 Å². The number of imidazole rings is 1. The molecule has 0 fully saturated rings. The van der Waals surface area contributed by atoms with E-state index < -0.39 is 0 Å². The number of aromatic nitrogens is 2. The molecule has 2 aromatic rings. The summed E-state index contributed by atoms with van der Waals surface area (Å²) in [5.74, 6) is 0.867. The first-order chi connectivity index (χ1) is 8.63. The zero-order valence-corrected chi connectivity index (χ0v) is 10.6. The van der Waals surface area contributed by atoms with Crippen LogP contribution in [0.4, 0.5) is 5.69 Å². The highest BCUT2D eigenvalue weighted by Crippen LogP contribution is 2.31. The lowest BCUT2D eigenvalue weighted by Crippen LogP contribution is -2.18. The predicted octanol–water partition coefficient (Wildman–Crippen LogP) is 2.92. The number of fused-ring (bicyclic) bond motifs is 1. The van der Waals surface area contributed by atoms with Crippen LogP contribution in [0.2, 0.25) is 5.15 Å². The fourth-order valence-electron chi connectivity index (χ4n) is 2.19. The SMILES string of the molecule is Cc1nc(Cl)c(-c2ccc3c(c2)CCC(=O)N3)[nH]1. The Morgan fingerprint density at radius 3 is 2.89 bits per heavy atom.